The molecule has 3 N–H and O–H groups in total. The predicted molar refractivity (Wildman–Crippen MR) is 146 cm³/mol. The van der Waals surface area contributed by atoms with Crippen LogP contribution in [0.1, 0.15) is 52.1 Å². The molecular formula is C30H29N3OS. The van der Waals surface area contributed by atoms with E-state index in [0.717, 1.165) is 16.7 Å². The lowest BCUT2D eigenvalue weighted by Crippen LogP contribution is -2.45. The summed E-state index contributed by atoms with van der Waals surface area (Å²) in [4.78, 5) is 13.2. The Morgan fingerprint density at radius 1 is 0.571 bits per heavy atom. The average molecular weight is 480 g/mol. The van der Waals surface area contributed by atoms with E-state index in [1.165, 1.54) is 0 Å². The summed E-state index contributed by atoms with van der Waals surface area (Å²) in [6.07, 6.45) is 0. The predicted octanol–water partition coefficient (Wildman–Crippen LogP) is 6.12. The van der Waals surface area contributed by atoms with Crippen molar-refractivity contribution in [3.8, 4) is 0 Å². The van der Waals surface area contributed by atoms with Gasteiger partial charge in [-0.3, -0.25) is 4.79 Å². The molecule has 176 valence electrons. The van der Waals surface area contributed by atoms with Gasteiger partial charge in [-0.2, -0.15) is 0 Å². The number of carbonyl (C=O) groups excluding carboxylic acids is 1. The van der Waals surface area contributed by atoms with E-state index in [0.29, 0.717) is 10.7 Å². The second-order valence-corrected chi connectivity index (χ2v) is 8.77. The molecule has 1 amide bonds. The monoisotopic (exact) mass is 479 g/mol. The van der Waals surface area contributed by atoms with E-state index in [1.54, 1.807) is 0 Å². The van der Waals surface area contributed by atoms with Crippen LogP contribution in [0.15, 0.2) is 121 Å². The summed E-state index contributed by atoms with van der Waals surface area (Å²) in [5.41, 5.74) is 3.76. The van der Waals surface area contributed by atoms with Gasteiger partial charge in [0.2, 0.25) is 0 Å². The van der Waals surface area contributed by atoms with Crippen molar-refractivity contribution in [1.29, 1.82) is 0 Å². The Balaban J connectivity index is 1.63. The zero-order valence-corrected chi connectivity index (χ0v) is 20.4. The first-order valence-corrected chi connectivity index (χ1v) is 12.1. The van der Waals surface area contributed by atoms with Gasteiger partial charge in [0.25, 0.3) is 5.91 Å². The van der Waals surface area contributed by atoms with Crippen molar-refractivity contribution in [1.82, 2.24) is 16.0 Å². The third-order valence-corrected chi connectivity index (χ3v) is 6.14. The van der Waals surface area contributed by atoms with Crippen LogP contribution < -0.4 is 16.0 Å². The fourth-order valence-corrected chi connectivity index (χ4v) is 4.36. The third kappa shape index (κ3) is 6.55. The van der Waals surface area contributed by atoms with E-state index >= 15 is 0 Å². The topological polar surface area (TPSA) is 53.2 Å². The number of hydrogen-bond acceptors (Lipinski definition) is 2. The number of carbonyl (C=O) groups is 1. The van der Waals surface area contributed by atoms with E-state index in [9.17, 15) is 4.79 Å². The molecule has 3 atom stereocenters. The van der Waals surface area contributed by atoms with Gasteiger partial charge < -0.3 is 16.0 Å². The van der Waals surface area contributed by atoms with E-state index in [4.69, 9.17) is 12.2 Å². The lowest BCUT2D eigenvalue weighted by Gasteiger charge is -2.31. The van der Waals surface area contributed by atoms with Crippen LogP contribution in [-0.4, -0.2) is 11.0 Å². The van der Waals surface area contributed by atoms with Gasteiger partial charge in [-0.15, -0.1) is 0 Å². The zero-order chi connectivity index (χ0) is 24.5. The van der Waals surface area contributed by atoms with Gasteiger partial charge in [0.05, 0.1) is 18.1 Å². The van der Waals surface area contributed by atoms with Crippen LogP contribution in [0, 0.1) is 0 Å². The summed E-state index contributed by atoms with van der Waals surface area (Å²) in [5.74, 6) is -0.140. The minimum absolute atomic E-state index is 0.0294. The molecular weight excluding hydrogens is 450 g/mol. The van der Waals surface area contributed by atoms with Crippen molar-refractivity contribution in [2.24, 2.45) is 0 Å². The molecule has 0 aliphatic rings. The van der Waals surface area contributed by atoms with E-state index in [-0.39, 0.29) is 24.0 Å². The van der Waals surface area contributed by atoms with Crippen LogP contribution >= 0.6 is 12.2 Å². The van der Waals surface area contributed by atoms with Gasteiger partial charge >= 0.3 is 0 Å². The first kappa shape index (κ1) is 24.2. The smallest absolute Gasteiger partial charge is 0.251 e. The second-order valence-electron chi connectivity index (χ2n) is 8.37. The number of benzene rings is 4. The quantitative estimate of drug-likeness (QED) is 0.266. The lowest BCUT2D eigenvalue weighted by molar-refractivity contribution is 0.0928. The van der Waals surface area contributed by atoms with Crippen molar-refractivity contribution in [2.45, 2.75) is 25.0 Å². The number of hydrogen-bond donors (Lipinski definition) is 3. The lowest BCUT2D eigenvalue weighted by atomic mass is 9.93. The first-order valence-electron chi connectivity index (χ1n) is 11.7. The highest BCUT2D eigenvalue weighted by Gasteiger charge is 2.28. The molecule has 0 saturated carbocycles. The first-order chi connectivity index (χ1) is 17.1. The van der Waals surface area contributed by atoms with Crippen molar-refractivity contribution in [3.05, 3.63) is 144 Å². The van der Waals surface area contributed by atoms with Gasteiger partial charge in [0.1, 0.15) is 0 Å². The minimum Gasteiger partial charge on any atom is -0.356 e. The Labute approximate surface area is 212 Å². The third-order valence-electron chi connectivity index (χ3n) is 5.91. The molecule has 4 aromatic carbocycles. The highest BCUT2D eigenvalue weighted by atomic mass is 32.1. The maximum Gasteiger partial charge on any atom is 0.251 e. The SMILES string of the molecule is C[C@H](NC(=S)N[C@@H](c1ccccc1)[C@@H](NC(=O)c1ccccc1)c1ccccc1)c1ccccc1. The molecule has 0 fully saturated rings. The molecule has 0 radical (unpaired) electrons. The number of amides is 1. The highest BCUT2D eigenvalue weighted by molar-refractivity contribution is 7.80. The van der Waals surface area contributed by atoms with Crippen molar-refractivity contribution < 1.29 is 4.79 Å². The summed E-state index contributed by atoms with van der Waals surface area (Å²) >= 11 is 5.75. The summed E-state index contributed by atoms with van der Waals surface area (Å²) < 4.78 is 0. The molecule has 4 rings (SSSR count). The van der Waals surface area contributed by atoms with Gasteiger partial charge in [0.15, 0.2) is 5.11 Å². The van der Waals surface area contributed by atoms with Crippen LogP contribution in [0.4, 0.5) is 0 Å². The highest BCUT2D eigenvalue weighted by Crippen LogP contribution is 2.29. The molecule has 0 unspecified atom stereocenters. The Morgan fingerprint density at radius 3 is 1.46 bits per heavy atom. The summed E-state index contributed by atoms with van der Waals surface area (Å²) in [7, 11) is 0. The Bertz CT molecular complexity index is 1220. The number of nitrogens with one attached hydrogen (secondary N) is 3. The molecule has 35 heavy (non-hydrogen) atoms. The summed E-state index contributed by atoms with van der Waals surface area (Å²) in [6.45, 7) is 2.08. The normalized spacial score (nSPS) is 13.2. The molecule has 0 spiro atoms. The molecule has 0 saturated heterocycles. The van der Waals surface area contributed by atoms with Crippen molar-refractivity contribution in [3.63, 3.8) is 0 Å². The number of thiocarbonyl (C=S) groups is 1. The van der Waals surface area contributed by atoms with Gasteiger partial charge in [-0.05, 0) is 48.0 Å². The second kappa shape index (κ2) is 12.0. The average Bonchev–Trinajstić information content (AvgIpc) is 2.92. The van der Waals surface area contributed by atoms with Gasteiger partial charge in [-0.25, -0.2) is 0 Å². The van der Waals surface area contributed by atoms with E-state index in [1.807, 2.05) is 109 Å². The van der Waals surface area contributed by atoms with Crippen LogP contribution in [-0.2, 0) is 0 Å². The molecule has 0 aliphatic heterocycles. The maximum atomic E-state index is 13.2. The Kier molecular flexibility index (Phi) is 8.25. The van der Waals surface area contributed by atoms with Crippen molar-refractivity contribution in [2.75, 3.05) is 0 Å². The zero-order valence-electron chi connectivity index (χ0n) is 19.6. The molecule has 0 aromatic heterocycles. The fraction of sp³-hybridized carbons (Fsp3) is 0.133. The van der Waals surface area contributed by atoms with Gasteiger partial charge in [0, 0.05) is 5.56 Å². The molecule has 0 bridgehead atoms. The van der Waals surface area contributed by atoms with Crippen molar-refractivity contribution >= 4 is 23.2 Å². The van der Waals surface area contributed by atoms with E-state index in [2.05, 4.69) is 35.0 Å². The largest absolute Gasteiger partial charge is 0.356 e. The van der Waals surface area contributed by atoms with Gasteiger partial charge in [-0.1, -0.05) is 109 Å². The molecule has 0 aliphatic carbocycles. The fourth-order valence-electron chi connectivity index (χ4n) is 4.06. The number of rotatable bonds is 8. The molecule has 5 heteroatoms. The Morgan fingerprint density at radius 2 is 0.971 bits per heavy atom. The summed E-state index contributed by atoms with van der Waals surface area (Å²) in [5, 5.41) is 10.7. The van der Waals surface area contributed by atoms with Crippen LogP contribution in [0.3, 0.4) is 0 Å². The summed E-state index contributed by atoms with van der Waals surface area (Å²) in [6, 6.07) is 38.8. The van der Waals surface area contributed by atoms with Crippen LogP contribution in [0.2, 0.25) is 0 Å². The standard InChI is InChI=1S/C30H29N3OS/c1-22(23-14-6-2-7-15-23)31-30(35)33-28(25-18-10-4-11-19-25)27(24-16-8-3-9-17-24)32-29(34)26-20-12-5-13-21-26/h2-22,27-28H,1H3,(H,32,34)(H2,31,33,35)/t22-,27-,28-/m0/s1. The molecule has 4 aromatic rings. The minimum atomic E-state index is -0.363. The Hall–Kier alpha value is -3.96. The molecule has 0 heterocycles. The molecule has 4 nitrogen and oxygen atoms in total. The maximum absolute atomic E-state index is 13.2. The van der Waals surface area contributed by atoms with Crippen LogP contribution in [0.25, 0.3) is 0 Å². The van der Waals surface area contributed by atoms with Crippen LogP contribution in [0.5, 0.6) is 0 Å². The van der Waals surface area contributed by atoms with E-state index < -0.39 is 0 Å².